The largest absolute Gasteiger partial charge is 0.466 e. The fourth-order valence-corrected chi connectivity index (χ4v) is 2.37. The van der Waals surface area contributed by atoms with Gasteiger partial charge in [0.15, 0.2) is 0 Å². The maximum absolute atomic E-state index is 11.3. The number of hydrogen-bond acceptors (Lipinski definition) is 3. The Kier molecular flexibility index (Phi) is 4.61. The van der Waals surface area contributed by atoms with Crippen molar-refractivity contribution < 1.29 is 14.6 Å². The number of aliphatic hydroxyl groups excluding tert-OH is 1. The summed E-state index contributed by atoms with van der Waals surface area (Å²) < 4.78 is 7.74. The molecule has 1 N–H and O–H groups in total. The number of carbonyl (C=O) groups excluding carboxylic acids is 1. The monoisotopic (exact) mass is 325 g/mol. The van der Waals surface area contributed by atoms with E-state index < -0.39 is 6.10 Å². The van der Waals surface area contributed by atoms with Crippen molar-refractivity contribution in [2.24, 2.45) is 0 Å². The number of ether oxygens (including phenoxy) is 1. The van der Waals surface area contributed by atoms with Crippen LogP contribution in [0.1, 0.15) is 13.3 Å². The first-order valence-corrected chi connectivity index (χ1v) is 6.97. The highest BCUT2D eigenvalue weighted by Crippen LogP contribution is 2.21. The Labute approximate surface area is 120 Å². The van der Waals surface area contributed by atoms with Gasteiger partial charge in [0.05, 0.1) is 19.1 Å². The van der Waals surface area contributed by atoms with Gasteiger partial charge in [-0.05, 0) is 30.5 Å². The molecule has 0 bridgehead atoms. The van der Waals surface area contributed by atoms with Crippen LogP contribution in [0.2, 0.25) is 0 Å². The number of aliphatic hydroxyl groups is 1. The predicted octanol–water partition coefficient (Wildman–Crippen LogP) is 2.72. The number of esters is 1. The Hall–Kier alpha value is -1.33. The Morgan fingerprint density at radius 1 is 1.47 bits per heavy atom. The molecule has 2 aromatic rings. The van der Waals surface area contributed by atoms with Crippen molar-refractivity contribution in [2.45, 2.75) is 26.0 Å². The quantitative estimate of drug-likeness (QED) is 0.860. The number of hydrogen-bond donors (Lipinski definition) is 1. The fourth-order valence-electron chi connectivity index (χ4n) is 2.02. The Bertz CT molecular complexity index is 579. The zero-order chi connectivity index (χ0) is 13.8. The smallest absolute Gasteiger partial charge is 0.308 e. The van der Waals surface area contributed by atoms with Gasteiger partial charge in [0.2, 0.25) is 0 Å². The van der Waals surface area contributed by atoms with Crippen LogP contribution in [-0.2, 0) is 16.1 Å². The zero-order valence-electron chi connectivity index (χ0n) is 10.7. The van der Waals surface area contributed by atoms with Gasteiger partial charge in [-0.1, -0.05) is 22.0 Å². The third-order valence-corrected chi connectivity index (χ3v) is 3.34. The number of nitrogens with zero attached hydrogens (tertiary/aromatic N) is 1. The summed E-state index contributed by atoms with van der Waals surface area (Å²) in [6.45, 7) is 2.46. The molecule has 1 unspecified atom stereocenters. The lowest BCUT2D eigenvalue weighted by atomic mass is 10.2. The summed E-state index contributed by atoms with van der Waals surface area (Å²) in [4.78, 5) is 11.3. The van der Waals surface area contributed by atoms with Crippen LogP contribution in [0.25, 0.3) is 10.9 Å². The van der Waals surface area contributed by atoms with E-state index in [4.69, 9.17) is 4.74 Å². The van der Waals surface area contributed by atoms with Gasteiger partial charge in [0.25, 0.3) is 0 Å². The standard InChI is InChI=1S/C14H16BrNO3/c1-2-19-14(18)8-12(17)9-16-6-5-10-3-4-11(15)7-13(10)16/h3-7,12,17H,2,8-9H2,1H3. The number of halogens is 1. The van der Waals surface area contributed by atoms with Crippen molar-refractivity contribution in [3.8, 4) is 0 Å². The van der Waals surface area contributed by atoms with Crippen molar-refractivity contribution in [3.63, 3.8) is 0 Å². The van der Waals surface area contributed by atoms with Crippen LogP contribution >= 0.6 is 15.9 Å². The molecule has 2 rings (SSSR count). The summed E-state index contributed by atoms with van der Waals surface area (Å²) >= 11 is 3.43. The zero-order valence-corrected chi connectivity index (χ0v) is 12.3. The molecule has 0 fully saturated rings. The second-order valence-electron chi connectivity index (χ2n) is 4.33. The molecule has 19 heavy (non-hydrogen) atoms. The van der Waals surface area contributed by atoms with Crippen LogP contribution in [0.4, 0.5) is 0 Å². The lowest BCUT2D eigenvalue weighted by Gasteiger charge is -2.12. The minimum Gasteiger partial charge on any atom is -0.466 e. The molecule has 0 spiro atoms. The van der Waals surface area contributed by atoms with E-state index in [2.05, 4.69) is 15.9 Å². The maximum atomic E-state index is 11.3. The lowest BCUT2D eigenvalue weighted by molar-refractivity contribution is -0.145. The average molecular weight is 326 g/mol. The van der Waals surface area contributed by atoms with Gasteiger partial charge in [-0.15, -0.1) is 0 Å². The van der Waals surface area contributed by atoms with Crippen LogP contribution < -0.4 is 0 Å². The topological polar surface area (TPSA) is 51.5 Å². The average Bonchev–Trinajstić information content (AvgIpc) is 2.72. The molecule has 1 aromatic heterocycles. The molecular formula is C14H16BrNO3. The Morgan fingerprint density at radius 2 is 2.26 bits per heavy atom. The fraction of sp³-hybridized carbons (Fsp3) is 0.357. The van der Waals surface area contributed by atoms with E-state index in [1.54, 1.807) is 6.92 Å². The van der Waals surface area contributed by atoms with Crippen LogP contribution in [0.3, 0.4) is 0 Å². The van der Waals surface area contributed by atoms with Gasteiger partial charge >= 0.3 is 5.97 Å². The molecule has 4 nitrogen and oxygen atoms in total. The van der Waals surface area contributed by atoms with Crippen LogP contribution in [0.5, 0.6) is 0 Å². The highest BCUT2D eigenvalue weighted by Gasteiger charge is 2.13. The summed E-state index contributed by atoms with van der Waals surface area (Å²) in [5, 5.41) is 11.0. The van der Waals surface area contributed by atoms with Crippen molar-refractivity contribution in [3.05, 3.63) is 34.9 Å². The van der Waals surface area contributed by atoms with E-state index >= 15 is 0 Å². The van der Waals surface area contributed by atoms with E-state index in [0.717, 1.165) is 15.4 Å². The van der Waals surface area contributed by atoms with Gasteiger partial charge in [-0.3, -0.25) is 4.79 Å². The normalized spacial score (nSPS) is 12.6. The maximum Gasteiger partial charge on any atom is 0.308 e. The van der Waals surface area contributed by atoms with E-state index in [-0.39, 0.29) is 12.4 Å². The third-order valence-electron chi connectivity index (χ3n) is 2.85. The summed E-state index contributed by atoms with van der Waals surface area (Å²) in [5.41, 5.74) is 1.03. The van der Waals surface area contributed by atoms with Crippen LogP contribution in [-0.4, -0.2) is 28.4 Å². The first kappa shape index (κ1) is 14.1. The Balaban J connectivity index is 2.08. The minimum absolute atomic E-state index is 0.0154. The lowest BCUT2D eigenvalue weighted by Crippen LogP contribution is -2.20. The van der Waals surface area contributed by atoms with Crippen molar-refractivity contribution in [2.75, 3.05) is 6.61 Å². The van der Waals surface area contributed by atoms with E-state index in [9.17, 15) is 9.90 Å². The number of benzene rings is 1. The second-order valence-corrected chi connectivity index (χ2v) is 5.25. The molecule has 0 amide bonds. The van der Waals surface area contributed by atoms with E-state index in [1.165, 1.54) is 0 Å². The van der Waals surface area contributed by atoms with Crippen molar-refractivity contribution in [1.29, 1.82) is 0 Å². The molecule has 5 heteroatoms. The third kappa shape index (κ3) is 3.58. The van der Waals surface area contributed by atoms with Gasteiger partial charge < -0.3 is 14.4 Å². The Morgan fingerprint density at radius 3 is 3.00 bits per heavy atom. The molecule has 0 aliphatic carbocycles. The van der Waals surface area contributed by atoms with E-state index in [0.29, 0.717) is 13.2 Å². The number of carbonyl (C=O) groups is 1. The molecule has 0 aliphatic heterocycles. The summed E-state index contributed by atoms with van der Waals surface area (Å²) in [7, 11) is 0. The van der Waals surface area contributed by atoms with Crippen molar-refractivity contribution in [1.82, 2.24) is 4.57 Å². The van der Waals surface area contributed by atoms with Gasteiger partial charge in [-0.25, -0.2) is 0 Å². The van der Waals surface area contributed by atoms with Gasteiger partial charge in [0.1, 0.15) is 0 Å². The molecule has 1 heterocycles. The molecular weight excluding hydrogens is 310 g/mol. The first-order valence-electron chi connectivity index (χ1n) is 6.18. The minimum atomic E-state index is -0.742. The molecule has 1 atom stereocenters. The molecule has 1 aromatic carbocycles. The molecule has 0 aliphatic rings. The number of rotatable bonds is 5. The summed E-state index contributed by atoms with van der Waals surface area (Å²) in [5.74, 6) is -0.368. The highest BCUT2D eigenvalue weighted by molar-refractivity contribution is 9.10. The number of aromatic nitrogens is 1. The van der Waals surface area contributed by atoms with Gasteiger partial charge in [0, 0.05) is 22.7 Å². The second kappa shape index (κ2) is 6.21. The molecule has 0 saturated heterocycles. The summed E-state index contributed by atoms with van der Waals surface area (Å²) in [6.07, 6.45) is 1.18. The SMILES string of the molecule is CCOC(=O)CC(O)Cn1ccc2ccc(Br)cc21. The predicted molar refractivity (Wildman–Crippen MR) is 76.9 cm³/mol. The first-order chi connectivity index (χ1) is 9.10. The van der Waals surface area contributed by atoms with Crippen LogP contribution in [0.15, 0.2) is 34.9 Å². The summed E-state index contributed by atoms with van der Waals surface area (Å²) in [6, 6.07) is 7.96. The highest BCUT2D eigenvalue weighted by atomic mass is 79.9. The molecule has 102 valence electrons. The van der Waals surface area contributed by atoms with Crippen molar-refractivity contribution >= 4 is 32.8 Å². The van der Waals surface area contributed by atoms with Crippen LogP contribution in [0, 0.1) is 0 Å². The number of fused-ring (bicyclic) bond motifs is 1. The molecule has 0 saturated carbocycles. The molecule has 0 radical (unpaired) electrons. The van der Waals surface area contributed by atoms with E-state index in [1.807, 2.05) is 35.0 Å². The van der Waals surface area contributed by atoms with Gasteiger partial charge in [-0.2, -0.15) is 0 Å².